The van der Waals surface area contributed by atoms with Crippen LogP contribution in [0.1, 0.15) is 36.5 Å². The molecule has 1 aliphatic rings. The lowest BCUT2D eigenvalue weighted by molar-refractivity contribution is -0.123. The minimum atomic E-state index is -0.641. The highest BCUT2D eigenvalue weighted by atomic mass is 16.2. The van der Waals surface area contributed by atoms with Crippen LogP contribution in [0, 0.1) is 5.92 Å². The Labute approximate surface area is 113 Å². The molecule has 0 radical (unpaired) electrons. The van der Waals surface area contributed by atoms with Crippen molar-refractivity contribution in [2.24, 2.45) is 5.92 Å². The van der Waals surface area contributed by atoms with Crippen LogP contribution < -0.4 is 5.32 Å². The van der Waals surface area contributed by atoms with Crippen molar-refractivity contribution in [3.63, 3.8) is 0 Å². The van der Waals surface area contributed by atoms with Gasteiger partial charge in [0.2, 0.25) is 5.91 Å². The van der Waals surface area contributed by atoms with Gasteiger partial charge in [-0.15, -0.1) is 0 Å². The first-order valence-electron chi connectivity index (χ1n) is 6.75. The molecule has 2 rings (SSSR count). The second-order valence-electron chi connectivity index (χ2n) is 4.93. The molecular formula is C16H19NO2. The fourth-order valence-corrected chi connectivity index (χ4v) is 2.21. The van der Waals surface area contributed by atoms with Gasteiger partial charge in [0.15, 0.2) is 5.78 Å². The predicted molar refractivity (Wildman–Crippen MR) is 74.9 cm³/mol. The lowest BCUT2D eigenvalue weighted by Gasteiger charge is -2.20. The van der Waals surface area contributed by atoms with Crippen molar-refractivity contribution in [3.05, 3.63) is 48.0 Å². The van der Waals surface area contributed by atoms with Gasteiger partial charge in [0.25, 0.3) is 0 Å². The van der Waals surface area contributed by atoms with E-state index >= 15 is 0 Å². The van der Waals surface area contributed by atoms with E-state index in [4.69, 9.17) is 0 Å². The van der Waals surface area contributed by atoms with Crippen molar-refractivity contribution < 1.29 is 9.59 Å². The number of carbonyl (C=O) groups is 2. The number of nitrogens with one attached hydrogen (secondary N) is 1. The number of carbonyl (C=O) groups excluding carboxylic acids is 2. The topological polar surface area (TPSA) is 46.2 Å². The Bertz CT molecular complexity index is 479. The highest BCUT2D eigenvalue weighted by Gasteiger charge is 2.24. The maximum absolute atomic E-state index is 12.1. The third-order valence-electron chi connectivity index (χ3n) is 3.43. The molecule has 3 nitrogen and oxygen atoms in total. The average Bonchev–Trinajstić information content (AvgIpc) is 2.47. The second-order valence-corrected chi connectivity index (χ2v) is 4.93. The molecule has 0 aromatic heterocycles. The molecule has 19 heavy (non-hydrogen) atoms. The SMILES string of the molecule is CC(C(=O)NC1C=CCCC1)C(=O)c1ccccc1. The quantitative estimate of drug-likeness (QED) is 0.512. The number of hydrogen-bond donors (Lipinski definition) is 1. The molecule has 0 heterocycles. The average molecular weight is 257 g/mol. The fourth-order valence-electron chi connectivity index (χ4n) is 2.21. The summed E-state index contributed by atoms with van der Waals surface area (Å²) in [5.74, 6) is -0.957. The molecule has 1 aliphatic carbocycles. The third-order valence-corrected chi connectivity index (χ3v) is 3.43. The Morgan fingerprint density at radius 1 is 1.26 bits per heavy atom. The summed E-state index contributed by atoms with van der Waals surface area (Å²) in [6.45, 7) is 1.66. The fraction of sp³-hybridized carbons (Fsp3) is 0.375. The van der Waals surface area contributed by atoms with Crippen molar-refractivity contribution in [1.29, 1.82) is 0 Å². The number of amides is 1. The number of allylic oxidation sites excluding steroid dienone is 1. The summed E-state index contributed by atoms with van der Waals surface area (Å²) >= 11 is 0. The predicted octanol–water partition coefficient (Wildman–Crippen LogP) is 2.73. The van der Waals surface area contributed by atoms with E-state index in [2.05, 4.69) is 11.4 Å². The zero-order valence-electron chi connectivity index (χ0n) is 11.1. The first-order chi connectivity index (χ1) is 9.18. The van der Waals surface area contributed by atoms with Crippen LogP contribution in [0.3, 0.4) is 0 Å². The van der Waals surface area contributed by atoms with E-state index < -0.39 is 5.92 Å². The van der Waals surface area contributed by atoms with Gasteiger partial charge < -0.3 is 5.32 Å². The van der Waals surface area contributed by atoms with E-state index in [1.165, 1.54) is 0 Å². The van der Waals surface area contributed by atoms with Crippen LogP contribution in [0.25, 0.3) is 0 Å². The smallest absolute Gasteiger partial charge is 0.231 e. The Balaban J connectivity index is 1.97. The normalized spacial score (nSPS) is 19.7. The monoisotopic (exact) mass is 257 g/mol. The Morgan fingerprint density at radius 3 is 2.63 bits per heavy atom. The highest BCUT2D eigenvalue weighted by Crippen LogP contribution is 2.13. The van der Waals surface area contributed by atoms with Gasteiger partial charge in [0, 0.05) is 11.6 Å². The molecule has 0 bridgehead atoms. The molecule has 0 fully saturated rings. The molecule has 3 heteroatoms. The van der Waals surface area contributed by atoms with Gasteiger partial charge in [-0.2, -0.15) is 0 Å². The number of ketones is 1. The zero-order valence-corrected chi connectivity index (χ0v) is 11.1. The molecule has 0 aliphatic heterocycles. The van der Waals surface area contributed by atoms with Crippen LogP contribution in [-0.4, -0.2) is 17.7 Å². The van der Waals surface area contributed by atoms with Crippen LogP contribution in [0.5, 0.6) is 0 Å². The van der Waals surface area contributed by atoms with Crippen LogP contribution in [-0.2, 0) is 4.79 Å². The molecule has 1 N–H and O–H groups in total. The number of benzene rings is 1. The van der Waals surface area contributed by atoms with Crippen molar-refractivity contribution in [2.75, 3.05) is 0 Å². The summed E-state index contributed by atoms with van der Waals surface area (Å²) in [4.78, 5) is 24.2. The summed E-state index contributed by atoms with van der Waals surface area (Å²) in [6, 6.07) is 9.03. The van der Waals surface area contributed by atoms with Crippen molar-refractivity contribution in [1.82, 2.24) is 5.32 Å². The molecule has 0 saturated carbocycles. The number of Topliss-reactive ketones (excluding diaryl/α,β-unsaturated/α-hetero) is 1. The second kappa shape index (κ2) is 6.32. The Morgan fingerprint density at radius 2 is 2.00 bits per heavy atom. The largest absolute Gasteiger partial charge is 0.349 e. The van der Waals surface area contributed by atoms with Gasteiger partial charge >= 0.3 is 0 Å². The van der Waals surface area contributed by atoms with E-state index in [1.807, 2.05) is 24.3 Å². The van der Waals surface area contributed by atoms with E-state index in [1.54, 1.807) is 19.1 Å². The maximum Gasteiger partial charge on any atom is 0.231 e. The van der Waals surface area contributed by atoms with E-state index in [0.29, 0.717) is 5.56 Å². The van der Waals surface area contributed by atoms with Gasteiger partial charge in [-0.1, -0.05) is 42.5 Å². The molecule has 0 spiro atoms. The van der Waals surface area contributed by atoms with Crippen LogP contribution in [0.4, 0.5) is 0 Å². The molecule has 100 valence electrons. The van der Waals surface area contributed by atoms with Gasteiger partial charge in [-0.25, -0.2) is 0 Å². The Hall–Kier alpha value is -1.90. The summed E-state index contributed by atoms with van der Waals surface area (Å²) < 4.78 is 0. The Kier molecular flexibility index (Phi) is 4.50. The first-order valence-corrected chi connectivity index (χ1v) is 6.75. The first kappa shape index (κ1) is 13.5. The van der Waals surface area contributed by atoms with E-state index in [0.717, 1.165) is 19.3 Å². The molecular weight excluding hydrogens is 238 g/mol. The lowest BCUT2D eigenvalue weighted by atomic mass is 9.97. The molecule has 2 atom stereocenters. The van der Waals surface area contributed by atoms with Crippen molar-refractivity contribution in [2.45, 2.75) is 32.2 Å². The maximum atomic E-state index is 12.1. The molecule has 1 aromatic carbocycles. The van der Waals surface area contributed by atoms with E-state index in [9.17, 15) is 9.59 Å². The van der Waals surface area contributed by atoms with Gasteiger partial charge in [0.1, 0.15) is 0 Å². The zero-order chi connectivity index (χ0) is 13.7. The molecule has 1 aromatic rings. The van der Waals surface area contributed by atoms with Crippen LogP contribution in [0.15, 0.2) is 42.5 Å². The lowest BCUT2D eigenvalue weighted by Crippen LogP contribution is -2.40. The van der Waals surface area contributed by atoms with E-state index in [-0.39, 0.29) is 17.7 Å². The van der Waals surface area contributed by atoms with Crippen molar-refractivity contribution >= 4 is 11.7 Å². The molecule has 0 saturated heterocycles. The third kappa shape index (κ3) is 3.53. The van der Waals surface area contributed by atoms with Crippen molar-refractivity contribution in [3.8, 4) is 0 Å². The van der Waals surface area contributed by atoms with Gasteiger partial charge in [-0.05, 0) is 26.2 Å². The van der Waals surface area contributed by atoms with Crippen LogP contribution in [0.2, 0.25) is 0 Å². The summed E-state index contributed by atoms with van der Waals surface area (Å²) in [5.41, 5.74) is 0.587. The standard InChI is InChI=1S/C16H19NO2/c1-12(15(18)13-8-4-2-5-9-13)16(19)17-14-10-6-3-7-11-14/h2,4-6,8-10,12,14H,3,7,11H2,1H3,(H,17,19). The summed E-state index contributed by atoms with van der Waals surface area (Å²) in [7, 11) is 0. The van der Waals surface area contributed by atoms with Gasteiger partial charge in [-0.3, -0.25) is 9.59 Å². The molecule has 1 amide bonds. The highest BCUT2D eigenvalue weighted by molar-refractivity contribution is 6.09. The summed E-state index contributed by atoms with van der Waals surface area (Å²) in [6.07, 6.45) is 7.21. The minimum Gasteiger partial charge on any atom is -0.349 e. The number of rotatable bonds is 4. The van der Waals surface area contributed by atoms with Gasteiger partial charge in [0.05, 0.1) is 5.92 Å². The minimum absolute atomic E-state index is 0.0762. The summed E-state index contributed by atoms with van der Waals surface area (Å²) in [5, 5.41) is 2.92. The number of hydrogen-bond acceptors (Lipinski definition) is 2. The molecule has 2 unspecified atom stereocenters. The van der Waals surface area contributed by atoms with Crippen LogP contribution >= 0.6 is 0 Å².